The second kappa shape index (κ2) is 4.40. The monoisotopic (exact) mass is 230 g/mol. The molecule has 0 spiro atoms. The fraction of sp³-hybridized carbons (Fsp3) is 0.0833. The molecule has 0 amide bonds. The SMILES string of the molecule is C#Cc1ccc(C#CC2=CC(=O)CS2)s1. The Morgan fingerprint density at radius 1 is 1.27 bits per heavy atom. The Balaban J connectivity index is 2.16. The van der Waals surface area contributed by atoms with Gasteiger partial charge in [-0.15, -0.1) is 29.5 Å². The van der Waals surface area contributed by atoms with Crippen molar-refractivity contribution in [3.05, 3.63) is 32.9 Å². The normalized spacial score (nSPS) is 14.1. The maximum atomic E-state index is 10.9. The molecule has 1 aromatic rings. The molecule has 0 N–H and O–H groups in total. The Bertz CT molecular complexity index is 532. The third-order valence-corrected chi connectivity index (χ3v) is 3.61. The van der Waals surface area contributed by atoms with E-state index in [2.05, 4.69) is 17.8 Å². The van der Waals surface area contributed by atoms with Gasteiger partial charge in [-0.2, -0.15) is 0 Å². The summed E-state index contributed by atoms with van der Waals surface area (Å²) in [6, 6.07) is 3.77. The van der Waals surface area contributed by atoms with Crippen molar-refractivity contribution < 1.29 is 4.79 Å². The quantitative estimate of drug-likeness (QED) is 0.636. The van der Waals surface area contributed by atoms with Crippen LogP contribution in [-0.4, -0.2) is 11.5 Å². The van der Waals surface area contributed by atoms with Crippen LogP contribution in [0.25, 0.3) is 0 Å². The number of hydrogen-bond acceptors (Lipinski definition) is 3. The van der Waals surface area contributed by atoms with Gasteiger partial charge in [0.2, 0.25) is 0 Å². The molecule has 1 nitrogen and oxygen atoms in total. The minimum Gasteiger partial charge on any atom is -0.294 e. The van der Waals surface area contributed by atoms with E-state index in [1.807, 2.05) is 12.1 Å². The second-order valence-electron chi connectivity index (χ2n) is 2.82. The topological polar surface area (TPSA) is 17.1 Å². The lowest BCUT2D eigenvalue weighted by Gasteiger charge is -1.82. The fourth-order valence-electron chi connectivity index (χ4n) is 1.06. The number of rotatable bonds is 0. The maximum Gasteiger partial charge on any atom is 0.167 e. The zero-order valence-corrected chi connectivity index (χ0v) is 9.37. The highest BCUT2D eigenvalue weighted by Gasteiger charge is 2.09. The van der Waals surface area contributed by atoms with E-state index in [1.165, 1.54) is 23.1 Å². The average molecular weight is 230 g/mol. The van der Waals surface area contributed by atoms with Crippen molar-refractivity contribution in [3.63, 3.8) is 0 Å². The average Bonchev–Trinajstić information content (AvgIpc) is 2.83. The number of terminal acetylenes is 1. The van der Waals surface area contributed by atoms with Crippen molar-refractivity contribution in [3.8, 4) is 24.2 Å². The molecule has 1 aliphatic rings. The molecule has 15 heavy (non-hydrogen) atoms. The van der Waals surface area contributed by atoms with Crippen molar-refractivity contribution in [1.82, 2.24) is 0 Å². The Morgan fingerprint density at radius 2 is 2.07 bits per heavy atom. The van der Waals surface area contributed by atoms with Gasteiger partial charge in [0.25, 0.3) is 0 Å². The van der Waals surface area contributed by atoms with Gasteiger partial charge >= 0.3 is 0 Å². The molecule has 1 aliphatic heterocycles. The minimum atomic E-state index is 0.139. The van der Waals surface area contributed by atoms with Crippen LogP contribution in [0.1, 0.15) is 9.75 Å². The van der Waals surface area contributed by atoms with E-state index in [-0.39, 0.29) is 5.78 Å². The molecular formula is C12H6OS2. The summed E-state index contributed by atoms with van der Waals surface area (Å²) in [6.07, 6.45) is 6.84. The van der Waals surface area contributed by atoms with Gasteiger partial charge in [0.1, 0.15) is 0 Å². The lowest BCUT2D eigenvalue weighted by atomic mass is 10.3. The van der Waals surface area contributed by atoms with Crippen LogP contribution in [0.15, 0.2) is 23.1 Å². The Kier molecular flexibility index (Phi) is 2.97. The van der Waals surface area contributed by atoms with Gasteiger partial charge in [0.05, 0.1) is 20.4 Å². The zero-order valence-electron chi connectivity index (χ0n) is 7.74. The number of carbonyl (C=O) groups excluding carboxylic acids is 1. The van der Waals surface area contributed by atoms with E-state index in [4.69, 9.17) is 6.42 Å². The number of hydrogen-bond donors (Lipinski definition) is 0. The van der Waals surface area contributed by atoms with Crippen LogP contribution in [0.2, 0.25) is 0 Å². The van der Waals surface area contributed by atoms with E-state index < -0.39 is 0 Å². The summed E-state index contributed by atoms with van der Waals surface area (Å²) in [6.45, 7) is 0. The molecule has 0 saturated carbocycles. The third-order valence-electron chi connectivity index (χ3n) is 1.72. The summed E-state index contributed by atoms with van der Waals surface area (Å²) in [7, 11) is 0. The van der Waals surface area contributed by atoms with Gasteiger partial charge in [0, 0.05) is 6.08 Å². The van der Waals surface area contributed by atoms with Gasteiger partial charge in [-0.25, -0.2) is 0 Å². The van der Waals surface area contributed by atoms with E-state index in [0.717, 1.165) is 14.7 Å². The molecule has 0 aliphatic carbocycles. The first-order valence-corrected chi connectivity index (χ1v) is 6.04. The van der Waals surface area contributed by atoms with Crippen LogP contribution in [0.4, 0.5) is 0 Å². The molecule has 72 valence electrons. The number of ketones is 1. The smallest absolute Gasteiger partial charge is 0.167 e. The number of carbonyl (C=O) groups is 1. The standard InChI is InChI=1S/C12H6OS2/c1-2-10-3-4-11(15-10)5-6-12-7-9(13)8-14-12/h1,3-4,7H,8H2. The largest absolute Gasteiger partial charge is 0.294 e. The zero-order chi connectivity index (χ0) is 10.7. The molecule has 2 heterocycles. The summed E-state index contributed by atoms with van der Waals surface area (Å²) < 4.78 is 0. The molecule has 0 atom stereocenters. The van der Waals surface area contributed by atoms with Crippen LogP contribution in [0, 0.1) is 24.2 Å². The minimum absolute atomic E-state index is 0.139. The van der Waals surface area contributed by atoms with Crippen molar-refractivity contribution in [2.24, 2.45) is 0 Å². The third kappa shape index (κ3) is 2.53. The second-order valence-corrected chi connectivity index (χ2v) is 4.92. The van der Waals surface area contributed by atoms with E-state index in [9.17, 15) is 4.79 Å². The van der Waals surface area contributed by atoms with Gasteiger partial charge < -0.3 is 0 Å². The summed E-state index contributed by atoms with van der Waals surface area (Å²) in [5, 5.41) is 0. The molecule has 1 aromatic heterocycles. The lowest BCUT2D eigenvalue weighted by molar-refractivity contribution is -0.112. The lowest BCUT2D eigenvalue weighted by Crippen LogP contribution is -1.86. The van der Waals surface area contributed by atoms with Gasteiger partial charge in [0.15, 0.2) is 5.78 Å². The molecule has 2 rings (SSSR count). The van der Waals surface area contributed by atoms with E-state index >= 15 is 0 Å². The Hall–Kier alpha value is -1.42. The van der Waals surface area contributed by atoms with Crippen LogP contribution in [-0.2, 0) is 4.79 Å². The van der Waals surface area contributed by atoms with Crippen LogP contribution >= 0.6 is 23.1 Å². The number of thioether (sulfide) groups is 1. The summed E-state index contributed by atoms with van der Waals surface area (Å²) in [4.78, 5) is 13.6. The molecule has 0 unspecified atom stereocenters. The van der Waals surface area contributed by atoms with E-state index in [1.54, 1.807) is 6.08 Å². The van der Waals surface area contributed by atoms with Crippen molar-refractivity contribution in [2.75, 3.05) is 5.75 Å². The van der Waals surface area contributed by atoms with Crippen LogP contribution in [0.3, 0.4) is 0 Å². The van der Waals surface area contributed by atoms with Crippen molar-refractivity contribution in [2.45, 2.75) is 0 Å². The maximum absolute atomic E-state index is 10.9. The number of allylic oxidation sites excluding steroid dienone is 2. The van der Waals surface area contributed by atoms with Crippen LogP contribution < -0.4 is 0 Å². The highest BCUT2D eigenvalue weighted by atomic mass is 32.2. The molecule has 0 fully saturated rings. The predicted molar refractivity (Wildman–Crippen MR) is 64.7 cm³/mol. The first-order chi connectivity index (χ1) is 7.28. The first kappa shape index (κ1) is 10.1. The molecule has 0 saturated heterocycles. The van der Waals surface area contributed by atoms with Crippen molar-refractivity contribution >= 4 is 28.9 Å². The summed E-state index contributed by atoms with van der Waals surface area (Å²) >= 11 is 2.97. The van der Waals surface area contributed by atoms with E-state index in [0.29, 0.717) is 5.75 Å². The van der Waals surface area contributed by atoms with Gasteiger partial charge in [-0.05, 0) is 12.1 Å². The molecule has 0 bridgehead atoms. The molecule has 0 radical (unpaired) electrons. The highest BCUT2D eigenvalue weighted by Crippen LogP contribution is 2.22. The summed E-state index contributed by atoms with van der Waals surface area (Å²) in [5.41, 5.74) is 0. The highest BCUT2D eigenvalue weighted by molar-refractivity contribution is 8.04. The van der Waals surface area contributed by atoms with Gasteiger partial charge in [-0.3, -0.25) is 4.79 Å². The molecule has 0 aromatic carbocycles. The summed E-state index contributed by atoms with van der Waals surface area (Å²) in [5.74, 6) is 9.17. The van der Waals surface area contributed by atoms with Gasteiger partial charge in [-0.1, -0.05) is 17.8 Å². The Labute approximate surface area is 96.6 Å². The molecular weight excluding hydrogens is 224 g/mol. The fourth-order valence-corrected chi connectivity index (χ4v) is 2.45. The predicted octanol–water partition coefficient (Wildman–Crippen LogP) is 2.28. The van der Waals surface area contributed by atoms with Crippen LogP contribution in [0.5, 0.6) is 0 Å². The van der Waals surface area contributed by atoms with Crippen molar-refractivity contribution in [1.29, 1.82) is 0 Å². The first-order valence-electron chi connectivity index (χ1n) is 4.24. The number of thiophene rings is 1. The Morgan fingerprint density at radius 3 is 2.67 bits per heavy atom. The molecule has 3 heteroatoms.